The van der Waals surface area contributed by atoms with E-state index in [4.69, 9.17) is 15.0 Å². The number of carbonyl (C=O) groups excluding carboxylic acids is 2. The Morgan fingerprint density at radius 2 is 1.22 bits per heavy atom. The largest absolute Gasteiger partial charge is 3.00 e. The number of hydrogen-bond donors (Lipinski definition) is 0. The van der Waals surface area contributed by atoms with Gasteiger partial charge in [0.15, 0.2) is 0 Å². The number of aromatic carboxylic acids is 1. The maximum Gasteiger partial charge on any atom is 3.00 e. The minimum atomic E-state index is -2.33. The Morgan fingerprint density at radius 3 is 1.39 bits per heavy atom. The summed E-state index contributed by atoms with van der Waals surface area (Å²) in [5, 5.41) is 26.8. The van der Waals surface area contributed by atoms with Crippen LogP contribution in [0.4, 0.5) is 4.79 Å². The zero-order valence-corrected chi connectivity index (χ0v) is 14.2. The first kappa shape index (κ1) is 36.2. The van der Waals surface area contributed by atoms with Crippen LogP contribution < -0.4 is 44.9 Å². The van der Waals surface area contributed by atoms with E-state index in [0.29, 0.717) is 0 Å². The van der Waals surface area contributed by atoms with Gasteiger partial charge in [0.05, 0.1) is 5.97 Å². The van der Waals surface area contributed by atoms with Gasteiger partial charge in [0.1, 0.15) is 0 Å². The van der Waals surface area contributed by atoms with Crippen molar-refractivity contribution < 1.29 is 65.4 Å². The van der Waals surface area contributed by atoms with Crippen LogP contribution in [0.2, 0.25) is 0 Å². The van der Waals surface area contributed by atoms with Crippen LogP contribution >= 0.6 is 0 Å². The molecular formula is C8H8AlMgNaO7+2. The summed E-state index contributed by atoms with van der Waals surface area (Å²) in [7, 11) is 0. The third-order valence-electron chi connectivity index (χ3n) is 1.01. The third-order valence-corrected chi connectivity index (χ3v) is 1.01. The maximum atomic E-state index is 10.1. The molecule has 0 saturated heterocycles. The Morgan fingerprint density at radius 1 is 0.944 bits per heavy atom. The number of hydrogen-bond acceptors (Lipinski definition) is 6. The first-order valence-electron chi connectivity index (χ1n) is 3.18. The molecular weight excluding hydrogens is 282 g/mol. The quantitative estimate of drug-likeness (QED) is 0.466. The summed E-state index contributed by atoms with van der Waals surface area (Å²) >= 11 is 0. The molecule has 0 radical (unpaired) electrons. The van der Waals surface area contributed by atoms with Gasteiger partial charge in [0.25, 0.3) is 0 Å². The molecule has 0 unspecified atom stereocenters. The van der Waals surface area contributed by atoms with Gasteiger partial charge in [0.2, 0.25) is 0 Å². The fourth-order valence-electron chi connectivity index (χ4n) is 0.574. The molecule has 0 spiro atoms. The van der Waals surface area contributed by atoms with E-state index < -0.39 is 12.1 Å². The topological polar surface area (TPSA) is 165 Å². The second-order valence-electron chi connectivity index (χ2n) is 1.90. The van der Waals surface area contributed by atoms with E-state index in [9.17, 15) is 9.90 Å². The first-order chi connectivity index (χ1) is 6.04. The van der Waals surface area contributed by atoms with Crippen molar-refractivity contribution >= 4 is 52.5 Å². The molecule has 18 heavy (non-hydrogen) atoms. The van der Waals surface area contributed by atoms with Gasteiger partial charge in [-0.25, -0.2) is 0 Å². The van der Waals surface area contributed by atoms with E-state index in [2.05, 4.69) is 0 Å². The Kier molecular flexibility index (Phi) is 44.9. The molecule has 1 rings (SSSR count). The summed E-state index contributed by atoms with van der Waals surface area (Å²) in [5.74, 6) is -1.13. The normalized spacial score (nSPS) is 5.78. The minimum Gasteiger partial charge on any atom is -0.870 e. The van der Waals surface area contributed by atoms with Crippen LogP contribution in [0.5, 0.6) is 0 Å². The van der Waals surface area contributed by atoms with Crippen molar-refractivity contribution in [3.05, 3.63) is 35.9 Å². The predicted molar refractivity (Wildman–Crippen MR) is 53.2 cm³/mol. The summed E-state index contributed by atoms with van der Waals surface area (Å²) in [6.45, 7) is 0. The predicted octanol–water partition coefficient (Wildman–Crippen LogP) is -7.16. The fourth-order valence-corrected chi connectivity index (χ4v) is 0.574. The molecule has 0 aliphatic rings. The first-order valence-corrected chi connectivity index (χ1v) is 3.18. The van der Waals surface area contributed by atoms with Gasteiger partial charge in [-0.2, -0.15) is 0 Å². The van der Waals surface area contributed by atoms with Crippen molar-refractivity contribution in [2.75, 3.05) is 0 Å². The van der Waals surface area contributed by atoms with Crippen LogP contribution in [-0.2, 0) is 0 Å². The van der Waals surface area contributed by atoms with E-state index >= 15 is 0 Å². The Labute approximate surface area is 152 Å². The molecule has 0 atom stereocenters. The molecule has 0 fully saturated rings. The van der Waals surface area contributed by atoms with E-state index in [1.807, 2.05) is 0 Å². The molecule has 0 aliphatic heterocycles. The van der Waals surface area contributed by atoms with Crippen LogP contribution in [0.1, 0.15) is 10.4 Å². The number of carboxylic acids is 1. The average Bonchev–Trinajstić information content (AvgIpc) is 2.05. The summed E-state index contributed by atoms with van der Waals surface area (Å²) in [5.41, 5.74) is 0.220. The molecule has 0 bridgehead atoms. The van der Waals surface area contributed by atoms with Crippen molar-refractivity contribution in [3.63, 3.8) is 0 Å². The van der Waals surface area contributed by atoms with Gasteiger partial charge in [-0.15, -0.1) is 0 Å². The minimum absolute atomic E-state index is 0. The van der Waals surface area contributed by atoms with Crippen LogP contribution in [0.3, 0.4) is 0 Å². The van der Waals surface area contributed by atoms with Gasteiger partial charge in [-0.05, 0) is 11.7 Å². The number of carbonyl (C=O) groups is 2. The second kappa shape index (κ2) is 22.4. The summed E-state index contributed by atoms with van der Waals surface area (Å²) in [4.78, 5) is 18.4. The molecule has 3 N–H and O–H groups in total. The molecule has 0 heterocycles. The van der Waals surface area contributed by atoms with Gasteiger partial charge >= 0.3 is 70.0 Å². The number of rotatable bonds is 1. The average molecular weight is 290 g/mol. The van der Waals surface area contributed by atoms with Crippen LogP contribution in [0, 0.1) is 0 Å². The second-order valence-corrected chi connectivity index (χ2v) is 1.90. The Bertz CT molecular complexity index is 295. The Balaban J connectivity index is -0.0000000364. The molecule has 1 aromatic carbocycles. The molecule has 86 valence electrons. The number of carboxylic acid groups (broad SMARTS) is 3. The van der Waals surface area contributed by atoms with Gasteiger partial charge in [0, 0.05) is 0 Å². The number of benzene rings is 1. The van der Waals surface area contributed by atoms with E-state index in [1.165, 1.54) is 12.1 Å². The smallest absolute Gasteiger partial charge is 0.870 e. The van der Waals surface area contributed by atoms with Crippen molar-refractivity contribution in [2.24, 2.45) is 0 Å². The van der Waals surface area contributed by atoms with Gasteiger partial charge in [-0.1, -0.05) is 30.3 Å². The van der Waals surface area contributed by atoms with Crippen molar-refractivity contribution in [1.29, 1.82) is 0 Å². The molecule has 0 aromatic heterocycles. The fraction of sp³-hybridized carbons (Fsp3) is 0. The zero-order chi connectivity index (χ0) is 10.3. The van der Waals surface area contributed by atoms with Gasteiger partial charge < -0.3 is 35.9 Å². The van der Waals surface area contributed by atoms with E-state index in [-0.39, 0.29) is 86.5 Å². The monoisotopic (exact) mass is 290 g/mol. The van der Waals surface area contributed by atoms with Crippen molar-refractivity contribution in [3.8, 4) is 0 Å². The zero-order valence-electron chi connectivity index (χ0n) is 9.66. The third kappa shape index (κ3) is 25.1. The van der Waals surface area contributed by atoms with Crippen molar-refractivity contribution in [1.82, 2.24) is 0 Å². The van der Waals surface area contributed by atoms with Crippen LogP contribution in [0.25, 0.3) is 0 Å². The van der Waals surface area contributed by atoms with E-state index in [0.717, 1.165) is 0 Å². The van der Waals surface area contributed by atoms with E-state index in [1.54, 1.807) is 18.2 Å². The summed E-state index contributed by atoms with van der Waals surface area (Å²) in [6.07, 6.45) is -2.33. The molecule has 0 aliphatic carbocycles. The summed E-state index contributed by atoms with van der Waals surface area (Å²) < 4.78 is 0. The molecule has 10 heteroatoms. The molecule has 0 saturated carbocycles. The Hall–Kier alpha value is 0.179. The SMILES string of the molecule is O.O=C([O-])[O-].O=C([O-])c1ccccc1.[Al+3].[Mg+2].[Na+].[OH-]. The van der Waals surface area contributed by atoms with Crippen LogP contribution in [-0.4, -0.2) is 63.5 Å². The van der Waals surface area contributed by atoms with Gasteiger partial charge in [-0.3, -0.25) is 0 Å². The maximum absolute atomic E-state index is 10.1. The molecule has 7 nitrogen and oxygen atoms in total. The van der Waals surface area contributed by atoms with Crippen molar-refractivity contribution in [2.45, 2.75) is 0 Å². The molecule has 1 aromatic rings. The van der Waals surface area contributed by atoms with Crippen LogP contribution in [0.15, 0.2) is 30.3 Å². The standard InChI is InChI=1S/C7H6O2.CH2O3.Al.Mg.Na.2H2O/c8-7(9)6-4-2-1-3-5-6;2-1(3)4;;;;;/h1-5H,(H,8,9);(H2,2,3,4);;;;2*1H2/q;;+3;+2;+1;;/p-4. The molecule has 0 amide bonds. The summed E-state index contributed by atoms with van der Waals surface area (Å²) in [6, 6.07) is 8.06.